The fraction of sp³-hybridized carbons (Fsp3) is 0.714. The minimum Gasteiger partial charge on any atom is -0.336 e. The Morgan fingerprint density at radius 3 is 2.63 bits per heavy atom. The van der Waals surface area contributed by atoms with E-state index in [9.17, 15) is 4.79 Å². The number of amides is 1. The number of carbonyl (C=O) groups excluding carboxylic acids is 1. The molecule has 0 saturated carbocycles. The number of carbonyl (C=O) groups is 1. The van der Waals surface area contributed by atoms with Crippen LogP contribution in [-0.2, 0) is 13.0 Å². The number of aryl methyl sites for hydroxylation is 2. The van der Waals surface area contributed by atoms with Crippen molar-refractivity contribution < 1.29 is 4.79 Å². The van der Waals surface area contributed by atoms with Gasteiger partial charge in [-0.15, -0.1) is 0 Å². The number of alkyl halides is 1. The quantitative estimate of drug-likeness (QED) is 0.687. The Balaban J connectivity index is 2.90. The molecule has 0 aliphatic carbocycles. The Morgan fingerprint density at radius 1 is 1.37 bits per heavy atom. The Kier molecular flexibility index (Phi) is 7.13. The highest BCUT2D eigenvalue weighted by Gasteiger charge is 2.19. The van der Waals surface area contributed by atoms with Crippen molar-refractivity contribution in [1.82, 2.24) is 14.7 Å². The SMILES string of the molecule is CCCCN(CCBr)C(=O)c1cc(CC)nn1CC. The molecule has 1 aromatic heterocycles. The predicted octanol–water partition coefficient (Wildman–Crippen LogP) is 3.10. The maximum atomic E-state index is 12.6. The largest absolute Gasteiger partial charge is 0.336 e. The maximum Gasteiger partial charge on any atom is 0.272 e. The van der Waals surface area contributed by atoms with Crippen molar-refractivity contribution in [3.63, 3.8) is 0 Å². The van der Waals surface area contributed by atoms with Crippen molar-refractivity contribution in [3.8, 4) is 0 Å². The summed E-state index contributed by atoms with van der Waals surface area (Å²) in [4.78, 5) is 14.5. The second-order valence-electron chi connectivity index (χ2n) is 4.52. The van der Waals surface area contributed by atoms with E-state index in [2.05, 4.69) is 34.9 Å². The van der Waals surface area contributed by atoms with Gasteiger partial charge >= 0.3 is 0 Å². The van der Waals surface area contributed by atoms with E-state index in [0.717, 1.165) is 55.6 Å². The summed E-state index contributed by atoms with van der Waals surface area (Å²) in [5.74, 6) is 0.0990. The third kappa shape index (κ3) is 4.34. The molecule has 0 N–H and O–H groups in total. The van der Waals surface area contributed by atoms with Crippen LogP contribution in [0.5, 0.6) is 0 Å². The first-order valence-electron chi connectivity index (χ1n) is 7.09. The summed E-state index contributed by atoms with van der Waals surface area (Å²) in [5, 5.41) is 5.26. The lowest BCUT2D eigenvalue weighted by Gasteiger charge is -2.21. The molecule has 1 amide bonds. The van der Waals surface area contributed by atoms with Gasteiger partial charge in [0.25, 0.3) is 5.91 Å². The number of rotatable bonds is 8. The Morgan fingerprint density at radius 2 is 2.11 bits per heavy atom. The van der Waals surface area contributed by atoms with Crippen molar-refractivity contribution in [3.05, 3.63) is 17.5 Å². The van der Waals surface area contributed by atoms with Crippen molar-refractivity contribution in [2.45, 2.75) is 46.6 Å². The molecule has 0 aliphatic heterocycles. The van der Waals surface area contributed by atoms with Crippen molar-refractivity contribution in [2.75, 3.05) is 18.4 Å². The lowest BCUT2D eigenvalue weighted by Crippen LogP contribution is -2.35. The number of hydrogen-bond acceptors (Lipinski definition) is 2. The minimum atomic E-state index is 0.0990. The third-order valence-electron chi connectivity index (χ3n) is 3.13. The Labute approximate surface area is 124 Å². The average molecular weight is 330 g/mol. The van der Waals surface area contributed by atoms with Crippen LogP contribution in [0.3, 0.4) is 0 Å². The van der Waals surface area contributed by atoms with Crippen molar-refractivity contribution >= 4 is 21.8 Å². The van der Waals surface area contributed by atoms with Gasteiger partial charge in [-0.25, -0.2) is 0 Å². The molecule has 1 heterocycles. The molecule has 19 heavy (non-hydrogen) atoms. The van der Waals surface area contributed by atoms with Crippen LogP contribution in [0.1, 0.15) is 49.8 Å². The lowest BCUT2D eigenvalue weighted by atomic mass is 10.2. The summed E-state index contributed by atoms with van der Waals surface area (Å²) < 4.78 is 1.81. The fourth-order valence-corrected chi connectivity index (χ4v) is 2.41. The molecule has 5 heteroatoms. The summed E-state index contributed by atoms with van der Waals surface area (Å²) in [6.07, 6.45) is 3.00. The first kappa shape index (κ1) is 16.2. The highest BCUT2D eigenvalue weighted by Crippen LogP contribution is 2.10. The van der Waals surface area contributed by atoms with Crippen LogP contribution < -0.4 is 0 Å². The molecular weight excluding hydrogens is 306 g/mol. The van der Waals surface area contributed by atoms with E-state index in [1.54, 1.807) is 0 Å². The smallest absolute Gasteiger partial charge is 0.272 e. The number of halogens is 1. The summed E-state index contributed by atoms with van der Waals surface area (Å²) in [7, 11) is 0. The topological polar surface area (TPSA) is 38.1 Å². The molecule has 0 bridgehead atoms. The predicted molar refractivity (Wildman–Crippen MR) is 81.9 cm³/mol. The molecule has 0 aromatic carbocycles. The van der Waals surface area contributed by atoms with Crippen LogP contribution in [-0.4, -0.2) is 39.0 Å². The first-order chi connectivity index (χ1) is 9.17. The first-order valence-corrected chi connectivity index (χ1v) is 8.21. The number of aromatic nitrogens is 2. The maximum absolute atomic E-state index is 12.6. The average Bonchev–Trinajstić information content (AvgIpc) is 2.86. The standard InChI is InChI=1S/C14H24BrN3O/c1-4-7-9-17(10-8-15)14(19)13-11-12(5-2)16-18(13)6-3/h11H,4-10H2,1-3H3. The molecule has 1 rings (SSSR count). The van der Waals surface area contributed by atoms with Gasteiger partial charge < -0.3 is 4.90 Å². The molecule has 0 spiro atoms. The van der Waals surface area contributed by atoms with Crippen LogP contribution in [0.2, 0.25) is 0 Å². The number of unbranched alkanes of at least 4 members (excludes halogenated alkanes) is 1. The normalized spacial score (nSPS) is 10.7. The molecule has 4 nitrogen and oxygen atoms in total. The highest BCUT2D eigenvalue weighted by molar-refractivity contribution is 9.09. The summed E-state index contributed by atoms with van der Waals surface area (Å²) in [5.41, 5.74) is 1.70. The summed E-state index contributed by atoms with van der Waals surface area (Å²) >= 11 is 3.42. The van der Waals surface area contributed by atoms with Crippen LogP contribution >= 0.6 is 15.9 Å². The molecule has 0 unspecified atom stereocenters. The van der Waals surface area contributed by atoms with Gasteiger partial charge in [-0.05, 0) is 25.8 Å². The van der Waals surface area contributed by atoms with E-state index in [-0.39, 0.29) is 5.91 Å². The summed E-state index contributed by atoms with van der Waals surface area (Å²) in [6, 6.07) is 1.93. The minimum absolute atomic E-state index is 0.0990. The molecule has 0 radical (unpaired) electrons. The zero-order valence-electron chi connectivity index (χ0n) is 12.2. The molecule has 0 aliphatic rings. The Bertz CT molecular complexity index is 403. The van der Waals surface area contributed by atoms with Gasteiger partial charge in [0.2, 0.25) is 0 Å². The van der Waals surface area contributed by atoms with E-state index >= 15 is 0 Å². The zero-order valence-corrected chi connectivity index (χ0v) is 13.7. The molecule has 0 atom stereocenters. The van der Waals surface area contributed by atoms with E-state index in [1.807, 2.05) is 22.6 Å². The van der Waals surface area contributed by atoms with Crippen LogP contribution in [0.15, 0.2) is 6.07 Å². The molecule has 0 fully saturated rings. The van der Waals surface area contributed by atoms with Gasteiger partial charge in [-0.2, -0.15) is 5.10 Å². The van der Waals surface area contributed by atoms with Crippen LogP contribution in [0.4, 0.5) is 0 Å². The van der Waals surface area contributed by atoms with Crippen molar-refractivity contribution in [1.29, 1.82) is 0 Å². The van der Waals surface area contributed by atoms with Gasteiger partial charge in [0, 0.05) is 25.0 Å². The summed E-state index contributed by atoms with van der Waals surface area (Å²) in [6.45, 7) is 8.51. The molecule has 0 saturated heterocycles. The number of nitrogens with zero attached hydrogens (tertiary/aromatic N) is 3. The lowest BCUT2D eigenvalue weighted by molar-refractivity contribution is 0.0752. The van der Waals surface area contributed by atoms with E-state index < -0.39 is 0 Å². The van der Waals surface area contributed by atoms with Crippen LogP contribution in [0, 0.1) is 0 Å². The zero-order chi connectivity index (χ0) is 14.3. The second kappa shape index (κ2) is 8.35. The van der Waals surface area contributed by atoms with E-state index in [1.165, 1.54) is 0 Å². The van der Waals surface area contributed by atoms with Gasteiger partial charge in [-0.3, -0.25) is 9.48 Å². The van der Waals surface area contributed by atoms with Gasteiger partial charge in [0.1, 0.15) is 5.69 Å². The van der Waals surface area contributed by atoms with Gasteiger partial charge in [0.05, 0.1) is 5.69 Å². The van der Waals surface area contributed by atoms with E-state index in [0.29, 0.717) is 0 Å². The van der Waals surface area contributed by atoms with Gasteiger partial charge in [-0.1, -0.05) is 36.2 Å². The highest BCUT2D eigenvalue weighted by atomic mass is 79.9. The molecule has 108 valence electrons. The van der Waals surface area contributed by atoms with Crippen LogP contribution in [0.25, 0.3) is 0 Å². The third-order valence-corrected chi connectivity index (χ3v) is 3.49. The van der Waals surface area contributed by atoms with Gasteiger partial charge in [0.15, 0.2) is 0 Å². The second-order valence-corrected chi connectivity index (χ2v) is 5.32. The molecule has 1 aromatic rings. The van der Waals surface area contributed by atoms with E-state index in [4.69, 9.17) is 0 Å². The monoisotopic (exact) mass is 329 g/mol. The number of hydrogen-bond donors (Lipinski definition) is 0. The molecular formula is C14H24BrN3O. The fourth-order valence-electron chi connectivity index (χ4n) is 1.98. The van der Waals surface area contributed by atoms with Crippen molar-refractivity contribution in [2.24, 2.45) is 0 Å². The Hall–Kier alpha value is -0.840.